The van der Waals surface area contributed by atoms with Crippen molar-refractivity contribution in [3.8, 4) is 6.07 Å². The first kappa shape index (κ1) is 28.9. The molecule has 5 rings (SSSR count). The molecule has 2 aliphatic heterocycles. The van der Waals surface area contributed by atoms with E-state index in [1.807, 2.05) is 30.9 Å². The van der Waals surface area contributed by atoms with Crippen LogP contribution in [0.1, 0.15) is 110 Å². The van der Waals surface area contributed by atoms with E-state index in [9.17, 15) is 4.79 Å². The molecule has 208 valence electrons. The summed E-state index contributed by atoms with van der Waals surface area (Å²) >= 11 is 0. The Bertz CT molecular complexity index is 1180. The fourth-order valence-corrected chi connectivity index (χ4v) is 6.02. The molecule has 39 heavy (non-hydrogen) atoms. The first-order valence-corrected chi connectivity index (χ1v) is 15.0. The maximum atomic E-state index is 13.5. The van der Waals surface area contributed by atoms with Crippen LogP contribution in [0, 0.1) is 11.3 Å². The van der Waals surface area contributed by atoms with Gasteiger partial charge in [0, 0.05) is 44.0 Å². The molecule has 0 spiro atoms. The lowest BCUT2D eigenvalue weighted by molar-refractivity contribution is 0.0713. The molecular weight excluding hydrogens is 480 g/mol. The Labute approximate surface area is 235 Å². The highest BCUT2D eigenvalue weighted by Gasteiger charge is 2.27. The maximum Gasteiger partial charge on any atom is 0.253 e. The summed E-state index contributed by atoms with van der Waals surface area (Å²) in [7, 11) is 2.20. The number of likely N-dealkylation sites (tertiary alicyclic amines) is 1. The van der Waals surface area contributed by atoms with Gasteiger partial charge in [-0.3, -0.25) is 4.79 Å². The zero-order valence-electron chi connectivity index (χ0n) is 24.4. The number of nitriles is 1. The number of amides is 1. The molecule has 0 bridgehead atoms. The molecule has 1 saturated heterocycles. The van der Waals surface area contributed by atoms with E-state index in [1.165, 1.54) is 47.2 Å². The van der Waals surface area contributed by atoms with Crippen LogP contribution in [0.15, 0.2) is 53.7 Å². The Morgan fingerprint density at radius 1 is 0.949 bits per heavy atom. The Kier molecular flexibility index (Phi) is 10.2. The van der Waals surface area contributed by atoms with Crippen molar-refractivity contribution in [1.82, 2.24) is 15.1 Å². The van der Waals surface area contributed by atoms with Crippen LogP contribution < -0.4 is 5.32 Å². The third kappa shape index (κ3) is 7.11. The Morgan fingerprint density at radius 3 is 2.28 bits per heavy atom. The quantitative estimate of drug-likeness (QED) is 0.442. The molecule has 1 saturated carbocycles. The lowest BCUT2D eigenvalue weighted by Gasteiger charge is -2.33. The summed E-state index contributed by atoms with van der Waals surface area (Å²) in [5.74, 6) is 1.25. The minimum absolute atomic E-state index is 0.158. The molecule has 0 aromatic heterocycles. The number of hydrogen-bond acceptors (Lipinski definition) is 4. The second kappa shape index (κ2) is 13.8. The van der Waals surface area contributed by atoms with Gasteiger partial charge in [-0.25, -0.2) is 0 Å². The molecule has 3 aliphatic rings. The van der Waals surface area contributed by atoms with Crippen LogP contribution >= 0.6 is 0 Å². The summed E-state index contributed by atoms with van der Waals surface area (Å²) in [5.41, 5.74) is 8.36. The highest BCUT2D eigenvalue weighted by atomic mass is 16.2. The number of carbonyl (C=O) groups is 1. The fourth-order valence-electron chi connectivity index (χ4n) is 6.02. The highest BCUT2D eigenvalue weighted by molar-refractivity contribution is 5.94. The molecule has 5 heteroatoms. The predicted octanol–water partition coefficient (Wildman–Crippen LogP) is 6.96. The highest BCUT2D eigenvalue weighted by Crippen LogP contribution is 2.38. The van der Waals surface area contributed by atoms with Crippen molar-refractivity contribution in [2.45, 2.75) is 84.1 Å². The number of rotatable bonds is 6. The summed E-state index contributed by atoms with van der Waals surface area (Å²) < 4.78 is 0. The molecule has 2 aromatic carbocycles. The van der Waals surface area contributed by atoms with E-state index >= 15 is 0 Å². The average Bonchev–Trinajstić information content (AvgIpc) is 3.12. The van der Waals surface area contributed by atoms with Gasteiger partial charge in [0.2, 0.25) is 0 Å². The minimum atomic E-state index is 0.158. The standard InChI is InChI=1S/C32H40N4O.C2H6/c1-23-12-16-35(2)17-15-31(23)34-22-29-20-28(10-11-30(29)27-4-3-5-27)32(37)36-18-13-26(14-19-36)25-8-6-24(21-33)7-9-25;1-2/h6-11,20,26-27,34H,3-5,12-19,22H2,1-2H3;1-2H3. The molecule has 5 nitrogen and oxygen atoms in total. The van der Waals surface area contributed by atoms with Gasteiger partial charge in [0.05, 0.1) is 11.6 Å². The SMILES string of the molecule is CC.CC1=C(NCc2cc(C(=O)N3CCC(c4ccc(C#N)cc4)CC3)ccc2C2CCC2)CCN(C)CC1. The third-order valence-electron chi connectivity index (χ3n) is 8.85. The monoisotopic (exact) mass is 526 g/mol. The third-order valence-corrected chi connectivity index (χ3v) is 8.85. The van der Waals surface area contributed by atoms with Gasteiger partial charge in [-0.1, -0.05) is 44.0 Å². The summed E-state index contributed by atoms with van der Waals surface area (Å²) in [6, 6.07) is 16.6. The van der Waals surface area contributed by atoms with Crippen LogP contribution in [-0.2, 0) is 6.54 Å². The maximum absolute atomic E-state index is 13.5. The first-order chi connectivity index (χ1) is 19.0. The Morgan fingerprint density at radius 2 is 1.64 bits per heavy atom. The zero-order chi connectivity index (χ0) is 27.8. The van der Waals surface area contributed by atoms with Gasteiger partial charge in [-0.05, 0) is 105 Å². The smallest absolute Gasteiger partial charge is 0.253 e. The summed E-state index contributed by atoms with van der Waals surface area (Å²) in [6.07, 6.45) is 7.94. The molecular formula is C34H46N4O. The van der Waals surface area contributed by atoms with Gasteiger partial charge in [-0.2, -0.15) is 5.26 Å². The van der Waals surface area contributed by atoms with Crippen LogP contribution in [0.2, 0.25) is 0 Å². The molecule has 2 fully saturated rings. The number of piperidine rings is 1. The van der Waals surface area contributed by atoms with E-state index in [-0.39, 0.29) is 5.91 Å². The molecule has 2 heterocycles. The van der Waals surface area contributed by atoms with Crippen molar-refractivity contribution in [2.75, 3.05) is 33.2 Å². The van der Waals surface area contributed by atoms with E-state index in [1.54, 1.807) is 0 Å². The Hall–Kier alpha value is -3.10. The first-order valence-electron chi connectivity index (χ1n) is 15.0. The van der Waals surface area contributed by atoms with Gasteiger partial charge < -0.3 is 15.1 Å². The number of nitrogens with zero attached hydrogens (tertiary/aromatic N) is 3. The molecule has 0 atom stereocenters. The number of nitrogens with one attached hydrogen (secondary N) is 1. The topological polar surface area (TPSA) is 59.4 Å². The molecule has 0 unspecified atom stereocenters. The molecule has 1 aliphatic carbocycles. The van der Waals surface area contributed by atoms with E-state index in [2.05, 4.69) is 60.6 Å². The van der Waals surface area contributed by atoms with E-state index in [0.29, 0.717) is 17.4 Å². The van der Waals surface area contributed by atoms with Crippen molar-refractivity contribution < 1.29 is 4.79 Å². The van der Waals surface area contributed by atoms with Crippen molar-refractivity contribution in [1.29, 1.82) is 5.26 Å². The van der Waals surface area contributed by atoms with Crippen molar-refractivity contribution in [3.63, 3.8) is 0 Å². The number of hydrogen-bond donors (Lipinski definition) is 1. The van der Waals surface area contributed by atoms with Crippen LogP contribution in [0.3, 0.4) is 0 Å². The van der Waals surface area contributed by atoms with Crippen LogP contribution in [-0.4, -0.2) is 48.9 Å². The van der Waals surface area contributed by atoms with Crippen molar-refractivity contribution >= 4 is 5.91 Å². The van der Waals surface area contributed by atoms with E-state index in [0.717, 1.165) is 64.0 Å². The second-order valence-electron chi connectivity index (χ2n) is 11.3. The van der Waals surface area contributed by atoms with Crippen LogP contribution in [0.5, 0.6) is 0 Å². The van der Waals surface area contributed by atoms with Gasteiger partial charge >= 0.3 is 0 Å². The van der Waals surface area contributed by atoms with Crippen molar-refractivity contribution in [2.24, 2.45) is 0 Å². The minimum Gasteiger partial charge on any atom is -0.384 e. The van der Waals surface area contributed by atoms with Crippen molar-refractivity contribution in [3.05, 3.63) is 81.6 Å². The van der Waals surface area contributed by atoms with Gasteiger partial charge in [0.25, 0.3) is 5.91 Å². The molecule has 2 aromatic rings. The van der Waals surface area contributed by atoms with Crippen LogP contribution in [0.25, 0.3) is 0 Å². The fraction of sp³-hybridized carbons (Fsp3) is 0.529. The number of carbonyl (C=O) groups excluding carboxylic acids is 1. The average molecular weight is 527 g/mol. The summed E-state index contributed by atoms with van der Waals surface area (Å²) in [5, 5.41) is 12.8. The molecule has 1 N–H and O–H groups in total. The predicted molar refractivity (Wildman–Crippen MR) is 160 cm³/mol. The summed E-state index contributed by atoms with van der Waals surface area (Å²) in [4.78, 5) is 18.0. The van der Waals surface area contributed by atoms with Crippen LogP contribution in [0.4, 0.5) is 0 Å². The molecule has 1 amide bonds. The second-order valence-corrected chi connectivity index (χ2v) is 11.3. The van der Waals surface area contributed by atoms with Gasteiger partial charge in [0.1, 0.15) is 0 Å². The van der Waals surface area contributed by atoms with Gasteiger partial charge in [-0.15, -0.1) is 0 Å². The lowest BCUT2D eigenvalue weighted by Crippen LogP contribution is -2.38. The Balaban J connectivity index is 0.00000172. The van der Waals surface area contributed by atoms with E-state index < -0.39 is 0 Å². The van der Waals surface area contributed by atoms with Gasteiger partial charge in [0.15, 0.2) is 0 Å². The normalized spacial score (nSPS) is 18.9. The largest absolute Gasteiger partial charge is 0.384 e. The lowest BCUT2D eigenvalue weighted by atomic mass is 9.77. The summed E-state index contributed by atoms with van der Waals surface area (Å²) in [6.45, 7) is 10.8. The molecule has 0 radical (unpaired) electrons. The van der Waals surface area contributed by atoms with E-state index in [4.69, 9.17) is 5.26 Å². The zero-order valence-corrected chi connectivity index (χ0v) is 24.4. The number of benzene rings is 2.